The van der Waals surface area contributed by atoms with Crippen LogP contribution >= 0.6 is 0 Å². The van der Waals surface area contributed by atoms with Crippen molar-refractivity contribution in [2.24, 2.45) is 0 Å². The summed E-state index contributed by atoms with van der Waals surface area (Å²) in [5.74, 6) is 0. The second-order valence-corrected chi connectivity index (χ2v) is 5.80. The first-order valence-corrected chi connectivity index (χ1v) is 7.24. The maximum atomic E-state index is 2.32. The molecule has 0 spiro atoms. The number of anilines is 1. The molecule has 1 fully saturated rings. The van der Waals surface area contributed by atoms with Crippen molar-refractivity contribution in [2.75, 3.05) is 58.8 Å². The Morgan fingerprint density at radius 2 is 1.68 bits per heavy atom. The number of hydrogen-bond acceptors (Lipinski definition) is 1. The number of nitrogens with one attached hydrogen (secondary N) is 2. The number of quaternary nitrogens is 2. The molecule has 0 aromatic heterocycles. The SMILES string of the molecule is CN(C)c1ccc(/C=C/C[NH+]2CC[NH+](C)CC2)cc1. The molecule has 0 bridgehead atoms. The third-order valence-corrected chi connectivity index (χ3v) is 3.94. The second kappa shape index (κ2) is 6.73. The Balaban J connectivity index is 1.82. The van der Waals surface area contributed by atoms with Gasteiger partial charge in [0.25, 0.3) is 0 Å². The first-order valence-electron chi connectivity index (χ1n) is 7.24. The summed E-state index contributed by atoms with van der Waals surface area (Å²) in [6.45, 7) is 6.37. The van der Waals surface area contributed by atoms with Crippen molar-refractivity contribution in [1.29, 1.82) is 0 Å². The third-order valence-electron chi connectivity index (χ3n) is 3.94. The number of benzene rings is 1. The van der Waals surface area contributed by atoms with Crippen molar-refractivity contribution in [3.05, 3.63) is 35.9 Å². The van der Waals surface area contributed by atoms with E-state index in [1.165, 1.54) is 37.4 Å². The summed E-state index contributed by atoms with van der Waals surface area (Å²) in [6, 6.07) is 8.72. The predicted molar refractivity (Wildman–Crippen MR) is 82.0 cm³/mol. The van der Waals surface area contributed by atoms with Gasteiger partial charge < -0.3 is 14.7 Å². The van der Waals surface area contributed by atoms with Gasteiger partial charge in [0.2, 0.25) is 0 Å². The van der Waals surface area contributed by atoms with E-state index in [-0.39, 0.29) is 0 Å². The Morgan fingerprint density at radius 1 is 1.05 bits per heavy atom. The Labute approximate surface area is 117 Å². The van der Waals surface area contributed by atoms with E-state index in [1.807, 2.05) is 0 Å². The average Bonchev–Trinajstić information content (AvgIpc) is 2.41. The molecule has 1 aliphatic heterocycles. The number of likely N-dealkylation sites (N-methyl/N-ethyl adjacent to an activating group) is 1. The molecule has 19 heavy (non-hydrogen) atoms. The van der Waals surface area contributed by atoms with Crippen LogP contribution in [-0.2, 0) is 0 Å². The maximum absolute atomic E-state index is 2.32. The monoisotopic (exact) mass is 261 g/mol. The summed E-state index contributed by atoms with van der Waals surface area (Å²) < 4.78 is 0. The van der Waals surface area contributed by atoms with Crippen LogP contribution in [-0.4, -0.2) is 53.9 Å². The zero-order valence-electron chi connectivity index (χ0n) is 12.4. The molecular weight excluding hydrogens is 234 g/mol. The fourth-order valence-electron chi connectivity index (χ4n) is 2.48. The van der Waals surface area contributed by atoms with Crippen LogP contribution < -0.4 is 14.7 Å². The molecule has 0 saturated carbocycles. The lowest BCUT2D eigenvalue weighted by molar-refractivity contribution is -1.00. The molecule has 1 saturated heterocycles. The van der Waals surface area contributed by atoms with Gasteiger partial charge in [0, 0.05) is 19.8 Å². The molecule has 3 nitrogen and oxygen atoms in total. The van der Waals surface area contributed by atoms with Gasteiger partial charge in [-0.2, -0.15) is 0 Å². The van der Waals surface area contributed by atoms with Crippen LogP contribution in [0.3, 0.4) is 0 Å². The van der Waals surface area contributed by atoms with Crippen molar-refractivity contribution >= 4 is 11.8 Å². The van der Waals surface area contributed by atoms with Crippen LogP contribution in [0.1, 0.15) is 5.56 Å². The Kier molecular flexibility index (Phi) is 5.00. The van der Waals surface area contributed by atoms with E-state index in [0.29, 0.717) is 0 Å². The van der Waals surface area contributed by atoms with E-state index in [1.54, 1.807) is 9.80 Å². The highest BCUT2D eigenvalue weighted by Crippen LogP contribution is 2.12. The van der Waals surface area contributed by atoms with Gasteiger partial charge in [0.05, 0.1) is 13.6 Å². The topological polar surface area (TPSA) is 12.1 Å². The molecule has 1 aromatic rings. The summed E-state index contributed by atoms with van der Waals surface area (Å²) in [5, 5.41) is 0. The average molecular weight is 261 g/mol. The van der Waals surface area contributed by atoms with Crippen LogP contribution in [0.15, 0.2) is 30.3 Å². The Hall–Kier alpha value is -1.32. The fraction of sp³-hybridized carbons (Fsp3) is 0.500. The molecule has 1 aromatic carbocycles. The molecule has 0 radical (unpaired) electrons. The predicted octanol–water partition coefficient (Wildman–Crippen LogP) is -0.821. The lowest BCUT2D eigenvalue weighted by Crippen LogP contribution is -3.26. The van der Waals surface area contributed by atoms with E-state index in [9.17, 15) is 0 Å². The van der Waals surface area contributed by atoms with E-state index >= 15 is 0 Å². The molecule has 0 aliphatic carbocycles. The molecule has 1 heterocycles. The summed E-state index contributed by atoms with van der Waals surface area (Å²) in [5.41, 5.74) is 2.55. The highest BCUT2D eigenvalue weighted by Gasteiger charge is 2.17. The smallest absolute Gasteiger partial charge is 0.127 e. The Bertz CT molecular complexity index is 401. The Morgan fingerprint density at radius 3 is 2.26 bits per heavy atom. The minimum absolute atomic E-state index is 1.16. The van der Waals surface area contributed by atoms with E-state index < -0.39 is 0 Å². The largest absolute Gasteiger partial charge is 0.378 e. The number of piperazine rings is 1. The molecule has 0 atom stereocenters. The highest BCUT2D eigenvalue weighted by molar-refractivity contribution is 5.55. The van der Waals surface area contributed by atoms with Gasteiger partial charge in [-0.15, -0.1) is 0 Å². The lowest BCUT2D eigenvalue weighted by Gasteiger charge is -2.26. The van der Waals surface area contributed by atoms with Crippen LogP contribution in [0.2, 0.25) is 0 Å². The highest BCUT2D eigenvalue weighted by atomic mass is 15.2. The van der Waals surface area contributed by atoms with Crippen molar-refractivity contribution in [3.8, 4) is 0 Å². The van der Waals surface area contributed by atoms with Gasteiger partial charge in [-0.1, -0.05) is 18.2 Å². The molecule has 104 valence electrons. The van der Waals surface area contributed by atoms with Crippen molar-refractivity contribution < 1.29 is 9.80 Å². The normalized spacial score (nSPS) is 23.7. The molecule has 2 N–H and O–H groups in total. The van der Waals surface area contributed by atoms with Crippen molar-refractivity contribution in [2.45, 2.75) is 0 Å². The summed E-state index contributed by atoms with van der Waals surface area (Å²) in [6.07, 6.45) is 4.57. The van der Waals surface area contributed by atoms with Crippen LogP contribution in [0, 0.1) is 0 Å². The van der Waals surface area contributed by atoms with Crippen molar-refractivity contribution in [3.63, 3.8) is 0 Å². The zero-order chi connectivity index (χ0) is 13.7. The van der Waals surface area contributed by atoms with Crippen molar-refractivity contribution in [1.82, 2.24) is 0 Å². The van der Waals surface area contributed by atoms with Gasteiger partial charge in [0.1, 0.15) is 26.2 Å². The minimum Gasteiger partial charge on any atom is -0.378 e. The number of nitrogens with zero attached hydrogens (tertiary/aromatic N) is 1. The van der Waals surface area contributed by atoms with Gasteiger partial charge >= 0.3 is 0 Å². The summed E-state index contributed by atoms with van der Waals surface area (Å²) in [7, 11) is 6.44. The summed E-state index contributed by atoms with van der Waals surface area (Å²) >= 11 is 0. The van der Waals surface area contributed by atoms with Crippen LogP contribution in [0.4, 0.5) is 5.69 Å². The van der Waals surface area contributed by atoms with E-state index in [0.717, 1.165) is 6.54 Å². The molecule has 2 rings (SSSR count). The molecule has 0 unspecified atom stereocenters. The number of hydrogen-bond donors (Lipinski definition) is 2. The lowest BCUT2D eigenvalue weighted by atomic mass is 10.2. The molecule has 1 aliphatic rings. The quantitative estimate of drug-likeness (QED) is 0.722. The van der Waals surface area contributed by atoms with E-state index in [2.05, 4.69) is 62.5 Å². The third kappa shape index (κ3) is 4.37. The molecule has 0 amide bonds. The first kappa shape index (κ1) is 14.1. The van der Waals surface area contributed by atoms with Gasteiger partial charge in [-0.05, 0) is 23.8 Å². The van der Waals surface area contributed by atoms with Gasteiger partial charge in [-0.25, -0.2) is 0 Å². The van der Waals surface area contributed by atoms with Crippen LogP contribution in [0.5, 0.6) is 0 Å². The number of rotatable bonds is 4. The van der Waals surface area contributed by atoms with Gasteiger partial charge in [0.15, 0.2) is 0 Å². The minimum atomic E-state index is 1.16. The second-order valence-electron chi connectivity index (χ2n) is 5.80. The fourth-order valence-corrected chi connectivity index (χ4v) is 2.48. The van der Waals surface area contributed by atoms with Crippen LogP contribution in [0.25, 0.3) is 6.08 Å². The maximum Gasteiger partial charge on any atom is 0.127 e. The standard InChI is InChI=1S/C16H25N3/c1-17(2)16-8-6-15(7-9-16)5-4-10-19-13-11-18(3)12-14-19/h4-9H,10-14H2,1-3H3/p+2/b5-4+. The molecular formula is C16H27N3+2. The first-order chi connectivity index (χ1) is 9.15. The zero-order valence-corrected chi connectivity index (χ0v) is 12.4. The molecule has 3 heteroatoms. The van der Waals surface area contributed by atoms with E-state index in [4.69, 9.17) is 0 Å². The summed E-state index contributed by atoms with van der Waals surface area (Å²) in [4.78, 5) is 5.52. The van der Waals surface area contributed by atoms with Gasteiger partial charge in [-0.3, -0.25) is 0 Å².